The van der Waals surface area contributed by atoms with Gasteiger partial charge in [0.15, 0.2) is 0 Å². The molecule has 1 radical (unpaired) electrons. The van der Waals surface area contributed by atoms with Gasteiger partial charge in [0, 0.05) is 19.7 Å². The minimum Gasteiger partial charge on any atom is -0.363 e. The summed E-state index contributed by atoms with van der Waals surface area (Å²) >= 11 is 5.82. The van der Waals surface area contributed by atoms with Crippen LogP contribution in [0.5, 0.6) is 0 Å². The summed E-state index contributed by atoms with van der Waals surface area (Å²) < 4.78 is 13.2. The lowest BCUT2D eigenvalue weighted by Crippen LogP contribution is -2.55. The SMILES string of the molecule is CC(=O)N(C)C1(Nc2ccc(F)c(Cl)c2)C[CH]CCC1. The number of rotatable bonds is 3. The highest BCUT2D eigenvalue weighted by Gasteiger charge is 2.37. The van der Waals surface area contributed by atoms with Crippen molar-refractivity contribution >= 4 is 23.2 Å². The van der Waals surface area contributed by atoms with Gasteiger partial charge in [-0.25, -0.2) is 4.39 Å². The second-order valence-corrected chi connectivity index (χ2v) is 5.66. The van der Waals surface area contributed by atoms with Gasteiger partial charge >= 0.3 is 0 Å². The lowest BCUT2D eigenvalue weighted by molar-refractivity contribution is -0.133. The zero-order chi connectivity index (χ0) is 14.8. The molecule has 1 aromatic rings. The molecule has 0 aliphatic heterocycles. The van der Waals surface area contributed by atoms with Crippen molar-refractivity contribution in [2.75, 3.05) is 12.4 Å². The van der Waals surface area contributed by atoms with E-state index in [-0.39, 0.29) is 10.9 Å². The Kier molecular flexibility index (Phi) is 4.53. The Morgan fingerprint density at radius 2 is 2.25 bits per heavy atom. The number of hydrogen-bond acceptors (Lipinski definition) is 2. The molecule has 0 saturated heterocycles. The highest BCUT2D eigenvalue weighted by Crippen LogP contribution is 2.34. The van der Waals surface area contributed by atoms with Crippen LogP contribution in [-0.4, -0.2) is 23.5 Å². The molecule has 3 nitrogen and oxygen atoms in total. The molecule has 0 spiro atoms. The van der Waals surface area contributed by atoms with Gasteiger partial charge < -0.3 is 10.2 Å². The predicted molar refractivity (Wildman–Crippen MR) is 79.0 cm³/mol. The third-order valence-corrected chi connectivity index (χ3v) is 4.18. The summed E-state index contributed by atoms with van der Waals surface area (Å²) in [6, 6.07) is 4.53. The van der Waals surface area contributed by atoms with E-state index in [1.165, 1.54) is 6.07 Å². The van der Waals surface area contributed by atoms with Gasteiger partial charge in [-0.1, -0.05) is 11.6 Å². The maximum absolute atomic E-state index is 13.2. The predicted octanol–water partition coefficient (Wildman–Crippen LogP) is 3.84. The molecule has 1 N–H and O–H groups in total. The lowest BCUT2D eigenvalue weighted by atomic mass is 9.87. The second kappa shape index (κ2) is 6.00. The number of carbonyl (C=O) groups excluding carboxylic acids is 1. The van der Waals surface area contributed by atoms with Gasteiger partial charge in [-0.2, -0.15) is 0 Å². The topological polar surface area (TPSA) is 32.3 Å². The lowest BCUT2D eigenvalue weighted by Gasteiger charge is -2.45. The van der Waals surface area contributed by atoms with Crippen molar-refractivity contribution in [2.24, 2.45) is 0 Å². The van der Waals surface area contributed by atoms with Crippen LogP contribution in [-0.2, 0) is 4.79 Å². The van der Waals surface area contributed by atoms with Gasteiger partial charge in [0.25, 0.3) is 0 Å². The number of hydrogen-bond donors (Lipinski definition) is 1. The van der Waals surface area contributed by atoms with Crippen LogP contribution in [0, 0.1) is 12.2 Å². The summed E-state index contributed by atoms with van der Waals surface area (Å²) in [5.41, 5.74) is 0.269. The maximum Gasteiger partial charge on any atom is 0.221 e. The monoisotopic (exact) mass is 297 g/mol. The van der Waals surface area contributed by atoms with E-state index < -0.39 is 11.5 Å². The van der Waals surface area contributed by atoms with Crippen molar-refractivity contribution in [3.05, 3.63) is 35.5 Å². The molecule has 0 heterocycles. The first kappa shape index (κ1) is 15.1. The van der Waals surface area contributed by atoms with Crippen LogP contribution in [0.25, 0.3) is 0 Å². The zero-order valence-corrected chi connectivity index (χ0v) is 12.5. The number of amides is 1. The van der Waals surface area contributed by atoms with Crippen LogP contribution < -0.4 is 5.32 Å². The molecular weight excluding hydrogens is 279 g/mol. The van der Waals surface area contributed by atoms with Gasteiger partial charge in [-0.15, -0.1) is 0 Å². The van der Waals surface area contributed by atoms with Crippen molar-refractivity contribution in [1.29, 1.82) is 0 Å². The number of nitrogens with zero attached hydrogens (tertiary/aromatic N) is 1. The number of halogens is 2. The zero-order valence-electron chi connectivity index (χ0n) is 11.7. The quantitative estimate of drug-likeness (QED) is 0.860. The Hall–Kier alpha value is -1.29. The fourth-order valence-corrected chi connectivity index (χ4v) is 2.81. The van der Waals surface area contributed by atoms with Gasteiger partial charge in [0.1, 0.15) is 11.5 Å². The van der Waals surface area contributed by atoms with Gasteiger partial charge in [0.2, 0.25) is 5.91 Å². The summed E-state index contributed by atoms with van der Waals surface area (Å²) in [7, 11) is 1.79. The molecule has 1 amide bonds. The third-order valence-electron chi connectivity index (χ3n) is 3.89. The minimum absolute atomic E-state index is 0.000934. The van der Waals surface area contributed by atoms with Crippen molar-refractivity contribution < 1.29 is 9.18 Å². The van der Waals surface area contributed by atoms with Crippen molar-refractivity contribution in [3.63, 3.8) is 0 Å². The number of benzene rings is 1. The van der Waals surface area contributed by atoms with E-state index in [4.69, 9.17) is 11.6 Å². The van der Waals surface area contributed by atoms with Gasteiger partial charge in [0.05, 0.1) is 5.02 Å². The smallest absolute Gasteiger partial charge is 0.221 e. The molecule has 1 unspecified atom stereocenters. The first-order chi connectivity index (χ1) is 9.44. The molecule has 1 aliphatic rings. The third kappa shape index (κ3) is 3.06. The summed E-state index contributed by atoms with van der Waals surface area (Å²) in [4.78, 5) is 13.5. The van der Waals surface area contributed by atoms with Crippen LogP contribution in [0.15, 0.2) is 18.2 Å². The van der Waals surface area contributed by atoms with Crippen LogP contribution in [0.1, 0.15) is 32.6 Å². The van der Waals surface area contributed by atoms with E-state index in [0.717, 1.165) is 31.4 Å². The van der Waals surface area contributed by atoms with Crippen molar-refractivity contribution in [3.8, 4) is 0 Å². The Morgan fingerprint density at radius 3 is 2.80 bits per heavy atom. The van der Waals surface area contributed by atoms with Crippen LogP contribution >= 0.6 is 11.6 Å². The molecule has 1 fully saturated rings. The molecule has 1 saturated carbocycles. The molecule has 1 aromatic carbocycles. The van der Waals surface area contributed by atoms with E-state index in [9.17, 15) is 9.18 Å². The molecule has 0 aromatic heterocycles. The number of anilines is 1. The Balaban J connectivity index is 2.27. The Morgan fingerprint density at radius 1 is 1.50 bits per heavy atom. The van der Waals surface area contributed by atoms with E-state index in [0.29, 0.717) is 0 Å². The van der Waals surface area contributed by atoms with Crippen molar-refractivity contribution in [1.82, 2.24) is 4.90 Å². The Labute approximate surface area is 124 Å². The average molecular weight is 298 g/mol. The van der Waals surface area contributed by atoms with Crippen LogP contribution in [0.4, 0.5) is 10.1 Å². The summed E-state index contributed by atoms with van der Waals surface area (Å²) in [6.07, 6.45) is 5.87. The summed E-state index contributed by atoms with van der Waals surface area (Å²) in [6.45, 7) is 1.55. The molecule has 20 heavy (non-hydrogen) atoms. The summed E-state index contributed by atoms with van der Waals surface area (Å²) in [5, 5.41) is 3.45. The van der Waals surface area contributed by atoms with E-state index in [2.05, 4.69) is 11.7 Å². The molecule has 1 atom stereocenters. The maximum atomic E-state index is 13.2. The first-order valence-corrected chi connectivity index (χ1v) is 7.12. The van der Waals surface area contributed by atoms with Crippen molar-refractivity contribution in [2.45, 2.75) is 38.3 Å². The van der Waals surface area contributed by atoms with E-state index in [1.807, 2.05) is 0 Å². The highest BCUT2D eigenvalue weighted by atomic mass is 35.5. The molecule has 2 rings (SSSR count). The minimum atomic E-state index is -0.453. The highest BCUT2D eigenvalue weighted by molar-refractivity contribution is 6.31. The Bertz CT molecular complexity index is 501. The number of nitrogens with one attached hydrogen (secondary N) is 1. The first-order valence-electron chi connectivity index (χ1n) is 6.74. The van der Waals surface area contributed by atoms with Gasteiger partial charge in [-0.05, 0) is 50.3 Å². The largest absolute Gasteiger partial charge is 0.363 e. The summed E-state index contributed by atoms with van der Waals surface area (Å²) in [5.74, 6) is -0.442. The standard InChI is InChI=1S/C15H19ClFN2O/c1-11(20)19(2)15(8-4-3-5-9-15)18-12-6-7-14(17)13(16)10-12/h4,6-7,10,18H,3,5,8-9H2,1-2H3. The second-order valence-electron chi connectivity index (χ2n) is 5.25. The molecule has 0 bridgehead atoms. The molecule has 5 heteroatoms. The van der Waals surface area contributed by atoms with Gasteiger partial charge in [-0.3, -0.25) is 4.79 Å². The fraction of sp³-hybridized carbons (Fsp3) is 0.467. The molecular formula is C15H19ClFN2O. The van der Waals surface area contributed by atoms with E-state index in [1.54, 1.807) is 31.0 Å². The molecule has 1 aliphatic carbocycles. The van der Waals surface area contributed by atoms with Crippen LogP contribution in [0.2, 0.25) is 5.02 Å². The molecule has 109 valence electrons. The average Bonchev–Trinajstić information content (AvgIpc) is 2.43. The number of carbonyl (C=O) groups is 1. The van der Waals surface area contributed by atoms with E-state index >= 15 is 0 Å². The van der Waals surface area contributed by atoms with Crippen LogP contribution in [0.3, 0.4) is 0 Å². The normalized spacial score (nSPS) is 17.6. The fourth-order valence-electron chi connectivity index (χ4n) is 2.63.